The average Bonchev–Trinajstić information content (AvgIpc) is 2.30. The molecule has 0 radical (unpaired) electrons. The summed E-state index contributed by atoms with van der Waals surface area (Å²) in [4.78, 5) is 22.0. The number of allylic oxidation sites excluding steroid dienone is 2. The second-order valence-electron chi connectivity index (χ2n) is 4.07. The Morgan fingerprint density at radius 1 is 1.12 bits per heavy atom. The molecule has 0 aliphatic rings. The fourth-order valence-electron chi connectivity index (χ4n) is 1.62. The van der Waals surface area contributed by atoms with Crippen LogP contribution < -0.4 is 5.32 Å². The third kappa shape index (κ3) is 8.48. The molecule has 4 heteroatoms. The predicted molar refractivity (Wildman–Crippen MR) is 67.9 cm³/mol. The van der Waals surface area contributed by atoms with E-state index in [9.17, 15) is 9.59 Å². The largest absolute Gasteiger partial charge is 0.465 e. The molecule has 2 N–H and O–H groups in total. The molecule has 0 saturated heterocycles. The number of carbonyl (C=O) groups excluding carboxylic acids is 1. The molecular weight excluding hydrogens is 218 g/mol. The minimum absolute atomic E-state index is 0.120. The van der Waals surface area contributed by atoms with Crippen LogP contribution in [0.4, 0.5) is 4.79 Å². The van der Waals surface area contributed by atoms with Gasteiger partial charge in [0.25, 0.3) is 0 Å². The van der Waals surface area contributed by atoms with Crippen molar-refractivity contribution < 1.29 is 14.7 Å². The molecule has 98 valence electrons. The molecule has 0 heterocycles. The maximum atomic E-state index is 11.6. The minimum atomic E-state index is -1.19. The molecule has 0 aromatic carbocycles. The monoisotopic (exact) mass is 241 g/mol. The van der Waals surface area contributed by atoms with Crippen molar-refractivity contribution in [3.05, 3.63) is 11.8 Å². The Morgan fingerprint density at radius 2 is 1.71 bits per heavy atom. The second kappa shape index (κ2) is 9.87. The number of unbranched alkanes of at least 4 members (excludes halogenated alkanes) is 5. The molecule has 0 aromatic heterocycles. The van der Waals surface area contributed by atoms with Gasteiger partial charge in [-0.05, 0) is 13.3 Å². The summed E-state index contributed by atoms with van der Waals surface area (Å²) in [5.41, 5.74) is 0.186. The van der Waals surface area contributed by atoms with Crippen LogP contribution in [0.5, 0.6) is 0 Å². The van der Waals surface area contributed by atoms with E-state index in [2.05, 4.69) is 12.2 Å². The van der Waals surface area contributed by atoms with Gasteiger partial charge in [0, 0.05) is 6.42 Å². The van der Waals surface area contributed by atoms with Crippen molar-refractivity contribution in [3.8, 4) is 0 Å². The first-order chi connectivity index (χ1) is 8.11. The molecule has 0 aliphatic carbocycles. The molecule has 0 fully saturated rings. The van der Waals surface area contributed by atoms with E-state index >= 15 is 0 Å². The first-order valence-corrected chi connectivity index (χ1v) is 6.31. The highest BCUT2D eigenvalue weighted by Gasteiger charge is 2.10. The number of carbonyl (C=O) groups is 2. The molecule has 0 aliphatic heterocycles. The van der Waals surface area contributed by atoms with Crippen LogP contribution in [0.15, 0.2) is 11.8 Å². The fraction of sp³-hybridized carbons (Fsp3) is 0.692. The summed E-state index contributed by atoms with van der Waals surface area (Å²) in [6.07, 6.45) is 7.44. The van der Waals surface area contributed by atoms with Gasteiger partial charge in [0.2, 0.25) is 0 Å². The van der Waals surface area contributed by atoms with E-state index < -0.39 is 6.09 Å². The Morgan fingerprint density at radius 3 is 2.24 bits per heavy atom. The maximum absolute atomic E-state index is 11.6. The number of hydrogen-bond donors (Lipinski definition) is 2. The number of rotatable bonds is 9. The summed E-state index contributed by atoms with van der Waals surface area (Å²) in [5, 5.41) is 10.6. The topological polar surface area (TPSA) is 66.4 Å². The van der Waals surface area contributed by atoms with Crippen LogP contribution in [-0.2, 0) is 4.79 Å². The van der Waals surface area contributed by atoms with Gasteiger partial charge in [-0.15, -0.1) is 0 Å². The first kappa shape index (κ1) is 15.7. The van der Waals surface area contributed by atoms with Crippen LogP contribution in [-0.4, -0.2) is 17.0 Å². The molecule has 17 heavy (non-hydrogen) atoms. The minimum Gasteiger partial charge on any atom is -0.465 e. The fourth-order valence-corrected chi connectivity index (χ4v) is 1.62. The molecule has 0 atom stereocenters. The number of nitrogens with one attached hydrogen (secondary N) is 1. The Bertz CT molecular complexity index is 272. The second-order valence-corrected chi connectivity index (χ2v) is 4.07. The summed E-state index contributed by atoms with van der Waals surface area (Å²) in [6, 6.07) is 0. The Labute approximate surface area is 103 Å². The Balaban J connectivity index is 3.73. The zero-order chi connectivity index (χ0) is 13.1. The van der Waals surface area contributed by atoms with Crippen molar-refractivity contribution in [1.29, 1.82) is 0 Å². The summed E-state index contributed by atoms with van der Waals surface area (Å²) in [7, 11) is 0. The highest BCUT2D eigenvalue weighted by atomic mass is 16.4. The normalized spacial score (nSPS) is 11.3. The zero-order valence-electron chi connectivity index (χ0n) is 10.8. The number of hydrogen-bond acceptors (Lipinski definition) is 2. The Kier molecular flexibility index (Phi) is 9.11. The van der Waals surface area contributed by atoms with E-state index in [4.69, 9.17) is 5.11 Å². The van der Waals surface area contributed by atoms with Gasteiger partial charge in [0.05, 0.1) is 5.70 Å². The number of amides is 1. The third-order valence-corrected chi connectivity index (χ3v) is 2.59. The summed E-state index contributed by atoms with van der Waals surface area (Å²) >= 11 is 0. The van der Waals surface area contributed by atoms with Gasteiger partial charge in [-0.25, -0.2) is 4.79 Å². The highest BCUT2D eigenvalue weighted by molar-refractivity contribution is 5.97. The molecule has 0 aromatic rings. The molecule has 0 rings (SSSR count). The maximum Gasteiger partial charge on any atom is 0.409 e. The third-order valence-electron chi connectivity index (χ3n) is 2.59. The van der Waals surface area contributed by atoms with Crippen molar-refractivity contribution in [1.82, 2.24) is 5.32 Å². The Hall–Kier alpha value is -1.32. The number of carboxylic acid groups (broad SMARTS) is 1. The van der Waals surface area contributed by atoms with Crippen LogP contribution in [0.25, 0.3) is 0 Å². The van der Waals surface area contributed by atoms with Crippen molar-refractivity contribution in [2.75, 3.05) is 0 Å². The van der Waals surface area contributed by atoms with Crippen LogP contribution in [0.1, 0.15) is 58.8 Å². The van der Waals surface area contributed by atoms with Crippen molar-refractivity contribution in [2.24, 2.45) is 0 Å². The van der Waals surface area contributed by atoms with Crippen LogP contribution in [0.2, 0.25) is 0 Å². The van der Waals surface area contributed by atoms with Gasteiger partial charge in [0.1, 0.15) is 0 Å². The lowest BCUT2D eigenvalue weighted by Crippen LogP contribution is -2.25. The van der Waals surface area contributed by atoms with Crippen LogP contribution in [0, 0.1) is 0 Å². The van der Waals surface area contributed by atoms with Gasteiger partial charge in [-0.3, -0.25) is 10.1 Å². The lowest BCUT2D eigenvalue weighted by atomic mass is 10.1. The van der Waals surface area contributed by atoms with E-state index in [0.717, 1.165) is 19.3 Å². The average molecular weight is 241 g/mol. The van der Waals surface area contributed by atoms with E-state index in [0.29, 0.717) is 6.42 Å². The molecule has 0 unspecified atom stereocenters. The van der Waals surface area contributed by atoms with Gasteiger partial charge in [-0.2, -0.15) is 0 Å². The summed E-state index contributed by atoms with van der Waals surface area (Å²) < 4.78 is 0. The first-order valence-electron chi connectivity index (χ1n) is 6.31. The molecule has 0 bridgehead atoms. The smallest absolute Gasteiger partial charge is 0.409 e. The van der Waals surface area contributed by atoms with E-state index in [1.54, 1.807) is 6.92 Å². The molecule has 0 spiro atoms. The SMILES string of the molecule is CC=C(NC(=O)O)C(=O)CCCCCCCC. The van der Waals surface area contributed by atoms with Crippen molar-refractivity contribution in [2.45, 2.75) is 58.8 Å². The highest BCUT2D eigenvalue weighted by Crippen LogP contribution is 2.09. The van der Waals surface area contributed by atoms with Crippen molar-refractivity contribution >= 4 is 11.9 Å². The zero-order valence-corrected chi connectivity index (χ0v) is 10.8. The van der Waals surface area contributed by atoms with Gasteiger partial charge in [-0.1, -0.05) is 45.1 Å². The predicted octanol–water partition coefficient (Wildman–Crippen LogP) is 3.48. The van der Waals surface area contributed by atoms with E-state index in [1.807, 2.05) is 0 Å². The standard InChI is InChI=1S/C13H23NO3/c1-3-5-6-7-8-9-10-12(15)11(4-2)14-13(16)17/h4,14H,3,5-10H2,1-2H3,(H,16,17). The molecular formula is C13H23NO3. The quantitative estimate of drug-likeness (QED) is 0.479. The van der Waals surface area contributed by atoms with Gasteiger partial charge >= 0.3 is 6.09 Å². The summed E-state index contributed by atoms with van der Waals surface area (Å²) in [6.45, 7) is 3.82. The molecule has 1 amide bonds. The van der Waals surface area contributed by atoms with Crippen LogP contribution in [0.3, 0.4) is 0 Å². The van der Waals surface area contributed by atoms with Crippen LogP contribution >= 0.6 is 0 Å². The van der Waals surface area contributed by atoms with E-state index in [1.165, 1.54) is 25.3 Å². The number of ketones is 1. The van der Waals surface area contributed by atoms with Gasteiger partial charge < -0.3 is 5.11 Å². The lowest BCUT2D eigenvalue weighted by Gasteiger charge is -2.05. The number of Topliss-reactive ketones (excluding diaryl/α,β-unsaturated/α-hetero) is 1. The van der Waals surface area contributed by atoms with Crippen molar-refractivity contribution in [3.63, 3.8) is 0 Å². The lowest BCUT2D eigenvalue weighted by molar-refractivity contribution is -0.116. The summed E-state index contributed by atoms with van der Waals surface area (Å²) in [5.74, 6) is -0.120. The van der Waals surface area contributed by atoms with Gasteiger partial charge in [0.15, 0.2) is 5.78 Å². The molecule has 0 saturated carbocycles. The van der Waals surface area contributed by atoms with E-state index in [-0.39, 0.29) is 11.5 Å². The molecule has 4 nitrogen and oxygen atoms in total.